The highest BCUT2D eigenvalue weighted by atomic mass is 16.5. The molecule has 0 saturated carbocycles. The van der Waals surface area contributed by atoms with Crippen molar-refractivity contribution in [3.63, 3.8) is 0 Å². The van der Waals surface area contributed by atoms with Gasteiger partial charge in [0.1, 0.15) is 6.54 Å². The molecule has 1 aromatic heterocycles. The molecule has 13 heavy (non-hydrogen) atoms. The van der Waals surface area contributed by atoms with E-state index in [0.29, 0.717) is 11.0 Å². The van der Waals surface area contributed by atoms with Gasteiger partial charge < -0.3 is 4.52 Å². The van der Waals surface area contributed by atoms with Gasteiger partial charge in [0.2, 0.25) is 0 Å². The first kappa shape index (κ1) is 7.62. The Morgan fingerprint density at radius 2 is 2.23 bits per heavy atom. The molecule has 0 saturated heterocycles. The highest BCUT2D eigenvalue weighted by Gasteiger charge is 2.06. The maximum Gasteiger partial charge on any atom is 0.291 e. The Morgan fingerprint density at radius 1 is 1.46 bits per heavy atom. The first-order valence-electron chi connectivity index (χ1n) is 3.79. The molecule has 0 atom stereocenters. The summed E-state index contributed by atoms with van der Waals surface area (Å²) in [6.45, 7) is -0.0481. The second-order valence-corrected chi connectivity index (χ2v) is 2.59. The van der Waals surface area contributed by atoms with E-state index < -0.39 is 0 Å². The minimum Gasteiger partial charge on any atom is -0.375 e. The van der Waals surface area contributed by atoms with Crippen molar-refractivity contribution in [3.05, 3.63) is 34.6 Å². The Labute approximate surface area is 73.6 Å². The lowest BCUT2D eigenvalue weighted by Gasteiger charge is -1.86. The molecule has 0 bridgehead atoms. The van der Waals surface area contributed by atoms with Crippen LogP contribution in [0, 0.1) is 11.3 Å². The van der Waals surface area contributed by atoms with Crippen LogP contribution in [0.15, 0.2) is 33.6 Å². The van der Waals surface area contributed by atoms with Crippen LogP contribution in [0.2, 0.25) is 0 Å². The van der Waals surface area contributed by atoms with Gasteiger partial charge in [-0.3, -0.25) is 4.79 Å². The molecule has 0 aliphatic rings. The number of rotatable bonds is 1. The summed E-state index contributed by atoms with van der Waals surface area (Å²) in [5.74, 6) is 0. The average Bonchev–Trinajstić information content (AvgIpc) is 2.46. The molecule has 0 aliphatic heterocycles. The summed E-state index contributed by atoms with van der Waals surface area (Å²) in [7, 11) is 0. The van der Waals surface area contributed by atoms with Crippen LogP contribution in [0.1, 0.15) is 0 Å². The van der Waals surface area contributed by atoms with Crippen molar-refractivity contribution in [2.45, 2.75) is 6.54 Å². The van der Waals surface area contributed by atoms with Gasteiger partial charge in [-0.2, -0.15) is 10.0 Å². The fraction of sp³-hybridized carbons (Fsp3) is 0.111. The molecular formula is C9H6N2O2. The third-order valence-corrected chi connectivity index (χ3v) is 1.77. The van der Waals surface area contributed by atoms with Gasteiger partial charge in [0.05, 0.1) is 11.5 Å². The van der Waals surface area contributed by atoms with Crippen LogP contribution >= 0.6 is 0 Å². The Hall–Kier alpha value is -2.02. The fourth-order valence-electron chi connectivity index (χ4n) is 1.19. The van der Waals surface area contributed by atoms with Crippen LogP contribution in [0.5, 0.6) is 0 Å². The van der Waals surface area contributed by atoms with E-state index in [1.807, 2.05) is 6.07 Å². The van der Waals surface area contributed by atoms with Gasteiger partial charge in [0.15, 0.2) is 5.58 Å². The summed E-state index contributed by atoms with van der Waals surface area (Å²) in [6, 6.07) is 8.77. The Bertz CT molecular complexity index is 530. The predicted molar refractivity (Wildman–Crippen MR) is 46.1 cm³/mol. The molecule has 0 N–H and O–H groups in total. The molecule has 0 aliphatic carbocycles. The molecule has 1 heterocycles. The van der Waals surface area contributed by atoms with E-state index in [-0.39, 0.29) is 12.1 Å². The molecule has 1 aromatic carbocycles. The summed E-state index contributed by atoms with van der Waals surface area (Å²) in [5, 5.41) is 8.91. The van der Waals surface area contributed by atoms with Gasteiger partial charge >= 0.3 is 0 Å². The minimum absolute atomic E-state index is 0.0481. The number of aromatic nitrogens is 1. The maximum absolute atomic E-state index is 11.4. The second-order valence-electron chi connectivity index (χ2n) is 2.59. The van der Waals surface area contributed by atoms with Crippen LogP contribution in [0.3, 0.4) is 0 Å². The van der Waals surface area contributed by atoms with E-state index in [1.165, 1.54) is 0 Å². The maximum atomic E-state index is 11.4. The largest absolute Gasteiger partial charge is 0.375 e. The number of benzene rings is 1. The van der Waals surface area contributed by atoms with Gasteiger partial charge in [0, 0.05) is 0 Å². The molecule has 0 fully saturated rings. The van der Waals surface area contributed by atoms with E-state index in [9.17, 15) is 4.79 Å². The lowest BCUT2D eigenvalue weighted by atomic mass is 10.3. The number of nitriles is 1. The number of hydrogen-bond acceptors (Lipinski definition) is 3. The number of fused-ring (bicyclic) bond motifs is 1. The summed E-state index contributed by atoms with van der Waals surface area (Å²) < 4.78 is 6.17. The van der Waals surface area contributed by atoms with Crippen LogP contribution < -0.4 is 5.56 Å². The van der Waals surface area contributed by atoms with E-state index in [0.717, 1.165) is 4.74 Å². The van der Waals surface area contributed by atoms with E-state index in [4.69, 9.17) is 9.78 Å². The highest BCUT2D eigenvalue weighted by molar-refractivity contribution is 5.75. The summed E-state index contributed by atoms with van der Waals surface area (Å²) in [5.41, 5.74) is 0.264. The van der Waals surface area contributed by atoms with Crippen molar-refractivity contribution < 1.29 is 4.52 Å². The second kappa shape index (κ2) is 2.79. The molecule has 2 aromatic rings. The molecule has 0 amide bonds. The van der Waals surface area contributed by atoms with E-state index in [1.54, 1.807) is 24.3 Å². The van der Waals surface area contributed by atoms with Gasteiger partial charge in [-0.05, 0) is 12.1 Å². The smallest absolute Gasteiger partial charge is 0.291 e. The van der Waals surface area contributed by atoms with E-state index >= 15 is 0 Å². The summed E-state index contributed by atoms with van der Waals surface area (Å²) in [6.07, 6.45) is 0. The van der Waals surface area contributed by atoms with Crippen molar-refractivity contribution in [2.24, 2.45) is 0 Å². The molecule has 64 valence electrons. The lowest BCUT2D eigenvalue weighted by molar-refractivity contribution is 0.307. The molecule has 4 heteroatoms. The minimum atomic E-state index is -0.253. The zero-order valence-electron chi connectivity index (χ0n) is 6.73. The first-order valence-corrected chi connectivity index (χ1v) is 3.79. The lowest BCUT2D eigenvalue weighted by Crippen LogP contribution is -2.12. The number of para-hydroxylation sites is 1. The molecule has 2 rings (SSSR count). The average molecular weight is 174 g/mol. The molecular weight excluding hydrogens is 168 g/mol. The Kier molecular flexibility index (Phi) is 1.64. The van der Waals surface area contributed by atoms with Crippen molar-refractivity contribution in [2.75, 3.05) is 0 Å². The Morgan fingerprint density at radius 3 is 2.92 bits per heavy atom. The number of nitrogens with zero attached hydrogens (tertiary/aromatic N) is 2. The third kappa shape index (κ3) is 1.11. The summed E-state index contributed by atoms with van der Waals surface area (Å²) in [4.78, 5) is 11.4. The van der Waals surface area contributed by atoms with Crippen molar-refractivity contribution >= 4 is 11.0 Å². The SMILES string of the molecule is N#CCn1oc2ccccc2c1=O. The monoisotopic (exact) mass is 174 g/mol. The van der Waals surface area contributed by atoms with Gasteiger partial charge in [0.25, 0.3) is 5.56 Å². The van der Waals surface area contributed by atoms with Crippen LogP contribution in [-0.4, -0.2) is 4.74 Å². The molecule has 0 unspecified atom stereocenters. The highest BCUT2D eigenvalue weighted by Crippen LogP contribution is 2.08. The van der Waals surface area contributed by atoms with Crippen molar-refractivity contribution in [3.8, 4) is 6.07 Å². The molecule has 0 spiro atoms. The molecule has 4 nitrogen and oxygen atoms in total. The van der Waals surface area contributed by atoms with Crippen molar-refractivity contribution in [1.82, 2.24) is 4.74 Å². The Balaban J connectivity index is 2.76. The standard InChI is InChI=1S/C9H6N2O2/c10-5-6-11-9(12)7-3-1-2-4-8(7)13-11/h1-4H,6H2. The molecule has 0 radical (unpaired) electrons. The van der Waals surface area contributed by atoms with Crippen molar-refractivity contribution in [1.29, 1.82) is 5.26 Å². The quantitative estimate of drug-likeness (QED) is 0.650. The zero-order chi connectivity index (χ0) is 9.26. The normalized spacial score (nSPS) is 10.1. The summed E-state index contributed by atoms with van der Waals surface area (Å²) >= 11 is 0. The number of hydrogen-bond donors (Lipinski definition) is 0. The van der Waals surface area contributed by atoms with Gasteiger partial charge in [-0.25, -0.2) is 0 Å². The van der Waals surface area contributed by atoms with E-state index in [2.05, 4.69) is 0 Å². The van der Waals surface area contributed by atoms with Crippen LogP contribution in [-0.2, 0) is 6.54 Å². The predicted octanol–water partition coefficient (Wildman–Crippen LogP) is 1.12. The van der Waals surface area contributed by atoms with Crippen LogP contribution in [0.4, 0.5) is 0 Å². The fourth-order valence-corrected chi connectivity index (χ4v) is 1.19. The zero-order valence-corrected chi connectivity index (χ0v) is 6.73. The topological polar surface area (TPSA) is 58.9 Å². The van der Waals surface area contributed by atoms with Gasteiger partial charge in [-0.1, -0.05) is 12.1 Å². The van der Waals surface area contributed by atoms with Crippen LogP contribution in [0.25, 0.3) is 11.0 Å². The first-order chi connectivity index (χ1) is 6.33. The third-order valence-electron chi connectivity index (χ3n) is 1.77. The van der Waals surface area contributed by atoms with Gasteiger partial charge in [-0.15, -0.1) is 0 Å².